The number of anilines is 2. The smallest absolute Gasteiger partial charge is 0.225 e. The Morgan fingerprint density at radius 1 is 0.897 bits per heavy atom. The highest BCUT2D eigenvalue weighted by atomic mass is 32.2. The van der Waals surface area contributed by atoms with Crippen LogP contribution >= 0.6 is 11.8 Å². The average Bonchev–Trinajstić information content (AvgIpc) is 2.93. The minimum atomic E-state index is 0.456. The second-order valence-corrected chi connectivity index (χ2v) is 9.98. The van der Waals surface area contributed by atoms with E-state index < -0.39 is 0 Å². The zero-order valence-corrected chi connectivity index (χ0v) is 19.0. The average molecular weight is 418 g/mol. The molecule has 1 aromatic heterocycles. The maximum absolute atomic E-state index is 5.16. The fourth-order valence-electron chi connectivity index (χ4n) is 5.25. The SMILES string of the molecule is CSCCNC1CCCC1Nc1nc2c(c(N3CCCCCC3)n1)CCCCC2. The van der Waals surface area contributed by atoms with Crippen LogP contribution < -0.4 is 15.5 Å². The van der Waals surface area contributed by atoms with Crippen molar-refractivity contribution in [2.75, 3.05) is 41.9 Å². The van der Waals surface area contributed by atoms with Crippen LogP contribution in [-0.4, -0.2) is 53.7 Å². The summed E-state index contributed by atoms with van der Waals surface area (Å²) >= 11 is 1.91. The van der Waals surface area contributed by atoms with E-state index in [-0.39, 0.29) is 0 Å². The Kier molecular flexibility index (Phi) is 7.94. The molecule has 4 rings (SSSR count). The van der Waals surface area contributed by atoms with Gasteiger partial charge in [-0.25, -0.2) is 4.98 Å². The van der Waals surface area contributed by atoms with Gasteiger partial charge in [-0.15, -0.1) is 0 Å². The van der Waals surface area contributed by atoms with E-state index in [4.69, 9.17) is 9.97 Å². The maximum atomic E-state index is 5.16. The van der Waals surface area contributed by atoms with E-state index in [9.17, 15) is 0 Å². The summed E-state index contributed by atoms with van der Waals surface area (Å²) in [4.78, 5) is 12.8. The molecule has 0 spiro atoms. The van der Waals surface area contributed by atoms with Gasteiger partial charge in [-0.2, -0.15) is 16.7 Å². The summed E-state index contributed by atoms with van der Waals surface area (Å²) in [6, 6.07) is 1.00. The van der Waals surface area contributed by atoms with Crippen molar-refractivity contribution in [2.24, 2.45) is 0 Å². The van der Waals surface area contributed by atoms with Crippen molar-refractivity contribution in [3.8, 4) is 0 Å². The normalized spacial score (nSPS) is 25.3. The largest absolute Gasteiger partial charge is 0.356 e. The van der Waals surface area contributed by atoms with Crippen LogP contribution in [-0.2, 0) is 12.8 Å². The van der Waals surface area contributed by atoms with Gasteiger partial charge in [-0.05, 0) is 64.0 Å². The first-order valence-corrected chi connectivity index (χ1v) is 13.4. The summed E-state index contributed by atoms with van der Waals surface area (Å²) in [5.74, 6) is 3.32. The third-order valence-electron chi connectivity index (χ3n) is 6.86. The monoisotopic (exact) mass is 417 g/mol. The van der Waals surface area contributed by atoms with E-state index in [0.29, 0.717) is 12.1 Å². The van der Waals surface area contributed by atoms with Crippen molar-refractivity contribution >= 4 is 23.5 Å². The lowest BCUT2D eigenvalue weighted by Crippen LogP contribution is -2.41. The Labute approximate surface area is 181 Å². The molecular formula is C23H39N5S. The van der Waals surface area contributed by atoms with Gasteiger partial charge in [0.05, 0.1) is 5.69 Å². The molecule has 2 fully saturated rings. The van der Waals surface area contributed by atoms with E-state index in [2.05, 4.69) is 21.8 Å². The first kappa shape index (κ1) is 21.2. The number of nitrogens with zero attached hydrogens (tertiary/aromatic N) is 3. The molecule has 2 atom stereocenters. The molecule has 2 N–H and O–H groups in total. The lowest BCUT2D eigenvalue weighted by molar-refractivity contribution is 0.508. The molecule has 1 saturated carbocycles. The second-order valence-electron chi connectivity index (χ2n) is 8.99. The van der Waals surface area contributed by atoms with Crippen molar-refractivity contribution in [2.45, 2.75) is 89.1 Å². The Hall–Kier alpha value is -1.01. The van der Waals surface area contributed by atoms with Crippen molar-refractivity contribution in [3.63, 3.8) is 0 Å². The maximum Gasteiger partial charge on any atom is 0.225 e. The van der Waals surface area contributed by atoms with Crippen molar-refractivity contribution in [3.05, 3.63) is 11.3 Å². The van der Waals surface area contributed by atoms with Crippen LogP contribution in [0.2, 0.25) is 0 Å². The highest BCUT2D eigenvalue weighted by Gasteiger charge is 2.28. The molecule has 29 heavy (non-hydrogen) atoms. The Morgan fingerprint density at radius 3 is 2.48 bits per heavy atom. The van der Waals surface area contributed by atoms with Gasteiger partial charge in [0.15, 0.2) is 0 Å². The molecule has 3 aliphatic rings. The predicted octanol–water partition coefficient (Wildman–Crippen LogP) is 4.41. The van der Waals surface area contributed by atoms with Gasteiger partial charge in [0.25, 0.3) is 0 Å². The van der Waals surface area contributed by atoms with Gasteiger partial charge < -0.3 is 15.5 Å². The van der Waals surface area contributed by atoms with E-state index >= 15 is 0 Å². The van der Waals surface area contributed by atoms with Crippen LogP contribution in [0.25, 0.3) is 0 Å². The number of hydrogen-bond donors (Lipinski definition) is 2. The van der Waals surface area contributed by atoms with E-state index in [1.807, 2.05) is 11.8 Å². The van der Waals surface area contributed by atoms with Crippen LogP contribution in [0.5, 0.6) is 0 Å². The highest BCUT2D eigenvalue weighted by Crippen LogP contribution is 2.31. The zero-order chi connectivity index (χ0) is 19.9. The Balaban J connectivity index is 1.55. The molecule has 0 radical (unpaired) electrons. The molecule has 2 heterocycles. The number of hydrogen-bond acceptors (Lipinski definition) is 6. The predicted molar refractivity (Wildman–Crippen MR) is 125 cm³/mol. The molecule has 2 aliphatic carbocycles. The van der Waals surface area contributed by atoms with E-state index in [1.54, 1.807) is 0 Å². The van der Waals surface area contributed by atoms with Crippen LogP contribution in [0.4, 0.5) is 11.8 Å². The molecule has 0 aromatic carbocycles. The van der Waals surface area contributed by atoms with Crippen LogP contribution in [0.3, 0.4) is 0 Å². The lowest BCUT2D eigenvalue weighted by Gasteiger charge is -2.27. The summed E-state index contributed by atoms with van der Waals surface area (Å²) in [6.45, 7) is 3.41. The van der Waals surface area contributed by atoms with Gasteiger partial charge in [0, 0.05) is 43.0 Å². The summed E-state index contributed by atoms with van der Waals surface area (Å²) < 4.78 is 0. The Bertz CT molecular complexity index is 644. The van der Waals surface area contributed by atoms with Crippen LogP contribution in [0.15, 0.2) is 0 Å². The first-order chi connectivity index (χ1) is 14.3. The van der Waals surface area contributed by atoms with Crippen molar-refractivity contribution in [1.29, 1.82) is 0 Å². The fourth-order valence-corrected chi connectivity index (χ4v) is 5.57. The molecule has 6 heteroatoms. The second kappa shape index (κ2) is 10.9. The molecule has 1 aromatic rings. The standard InChI is InChI=1S/C23H39N5S/c1-29-17-14-24-20-12-9-13-21(20)26-23-25-19-11-6-4-5-10-18(19)22(27-23)28-15-7-2-3-8-16-28/h20-21,24H,2-17H2,1H3,(H,25,26,27). The molecule has 1 aliphatic heterocycles. The molecule has 5 nitrogen and oxygen atoms in total. The van der Waals surface area contributed by atoms with Crippen molar-refractivity contribution in [1.82, 2.24) is 15.3 Å². The van der Waals surface area contributed by atoms with Crippen LogP contribution in [0, 0.1) is 0 Å². The molecule has 0 amide bonds. The van der Waals surface area contributed by atoms with Gasteiger partial charge in [0.2, 0.25) is 5.95 Å². The summed E-state index contributed by atoms with van der Waals surface area (Å²) in [6.07, 6.45) is 17.4. The first-order valence-electron chi connectivity index (χ1n) is 12.0. The number of fused-ring (bicyclic) bond motifs is 1. The third-order valence-corrected chi connectivity index (χ3v) is 7.47. The number of aryl methyl sites for hydroxylation is 1. The number of aromatic nitrogens is 2. The highest BCUT2D eigenvalue weighted by molar-refractivity contribution is 7.98. The third kappa shape index (κ3) is 5.57. The molecule has 162 valence electrons. The van der Waals surface area contributed by atoms with Gasteiger partial charge in [0.1, 0.15) is 5.82 Å². The lowest BCUT2D eigenvalue weighted by atomic mass is 10.1. The molecule has 0 bridgehead atoms. The number of nitrogens with one attached hydrogen (secondary N) is 2. The minimum Gasteiger partial charge on any atom is -0.356 e. The Morgan fingerprint density at radius 2 is 1.66 bits per heavy atom. The van der Waals surface area contributed by atoms with E-state index in [1.165, 1.54) is 87.0 Å². The number of thioether (sulfide) groups is 1. The minimum absolute atomic E-state index is 0.456. The summed E-state index contributed by atoms with van der Waals surface area (Å²) in [7, 11) is 0. The van der Waals surface area contributed by atoms with E-state index in [0.717, 1.165) is 38.4 Å². The van der Waals surface area contributed by atoms with Gasteiger partial charge in [-0.3, -0.25) is 0 Å². The quantitative estimate of drug-likeness (QED) is 0.506. The fraction of sp³-hybridized carbons (Fsp3) is 0.826. The van der Waals surface area contributed by atoms with Gasteiger partial charge in [-0.1, -0.05) is 19.3 Å². The van der Waals surface area contributed by atoms with Crippen molar-refractivity contribution < 1.29 is 0 Å². The number of rotatable bonds is 7. The van der Waals surface area contributed by atoms with Gasteiger partial charge >= 0.3 is 0 Å². The van der Waals surface area contributed by atoms with Crippen LogP contribution in [0.1, 0.15) is 75.5 Å². The topological polar surface area (TPSA) is 53.1 Å². The summed E-state index contributed by atoms with van der Waals surface area (Å²) in [5.41, 5.74) is 2.78. The summed E-state index contributed by atoms with van der Waals surface area (Å²) in [5, 5.41) is 7.53. The molecule has 2 unspecified atom stereocenters. The molecular weight excluding hydrogens is 378 g/mol. The molecule has 1 saturated heterocycles. The zero-order valence-electron chi connectivity index (χ0n) is 18.2.